The summed E-state index contributed by atoms with van der Waals surface area (Å²) in [5.41, 5.74) is 6.63. The van der Waals surface area contributed by atoms with Gasteiger partial charge in [-0.05, 0) is 32.9 Å². The van der Waals surface area contributed by atoms with Crippen molar-refractivity contribution in [2.24, 2.45) is 0 Å². The number of hydrogen-bond donors (Lipinski definition) is 2. The van der Waals surface area contributed by atoms with E-state index in [2.05, 4.69) is 20.0 Å². The van der Waals surface area contributed by atoms with Crippen LogP contribution in [0.2, 0.25) is 0 Å². The minimum atomic E-state index is -4.13. The van der Waals surface area contributed by atoms with Gasteiger partial charge in [-0.3, -0.25) is 13.9 Å². The molecule has 3 aromatic rings. The van der Waals surface area contributed by atoms with Gasteiger partial charge in [0.15, 0.2) is 23.2 Å². The van der Waals surface area contributed by atoms with Crippen molar-refractivity contribution >= 4 is 36.6 Å². The number of anilines is 2. The zero-order valence-electron chi connectivity index (χ0n) is 22.4. The first-order chi connectivity index (χ1) is 18.5. The Labute approximate surface area is 225 Å². The van der Waals surface area contributed by atoms with Gasteiger partial charge in [-0.2, -0.15) is 15.1 Å². The zero-order valence-corrected chi connectivity index (χ0v) is 23.2. The number of esters is 1. The summed E-state index contributed by atoms with van der Waals surface area (Å²) in [6.07, 6.45) is -2.31. The van der Waals surface area contributed by atoms with Gasteiger partial charge in [0.2, 0.25) is 5.95 Å². The molecule has 0 amide bonds. The van der Waals surface area contributed by atoms with E-state index in [0.29, 0.717) is 17.0 Å². The smallest absolute Gasteiger partial charge is 0.459 e. The molecule has 0 spiro atoms. The minimum Gasteiger partial charge on any atom is -0.462 e. The molecule has 3 N–H and O–H groups in total. The summed E-state index contributed by atoms with van der Waals surface area (Å²) in [6.45, 7) is 4.60. The standard InChI is InChI=1S/C24H33FN7O6P/c1-14(2)36-23(33)15(3)30-39(34,38-16-9-7-6-8-10-16)35-12-17-11-18(25)22(37-17)32-13-27-19-20(31(4)5)28-24(26)29-21(19)32/h6-10,13-15,17-18,22H,11-12H2,1-5H3,(H,30,34)(H2,26,28,29)/t15-,17-,18-,22+,39-/m0/s1. The van der Waals surface area contributed by atoms with Crippen LogP contribution in [0.25, 0.3) is 11.2 Å². The molecule has 2 aromatic heterocycles. The second-order valence-corrected chi connectivity index (χ2v) is 11.3. The van der Waals surface area contributed by atoms with Gasteiger partial charge in [0.05, 0.1) is 25.1 Å². The number of alkyl halides is 1. The number of para-hydroxylation sites is 1. The molecule has 0 bridgehead atoms. The van der Waals surface area contributed by atoms with E-state index in [9.17, 15) is 9.36 Å². The number of imidazole rings is 1. The van der Waals surface area contributed by atoms with Crippen LogP contribution in [0.3, 0.4) is 0 Å². The third-order valence-electron chi connectivity index (χ3n) is 5.70. The highest BCUT2D eigenvalue weighted by atomic mass is 31.2. The summed E-state index contributed by atoms with van der Waals surface area (Å²) >= 11 is 0. The fraction of sp³-hybridized carbons (Fsp3) is 0.500. The molecule has 0 radical (unpaired) electrons. The Balaban J connectivity index is 1.49. The van der Waals surface area contributed by atoms with Gasteiger partial charge in [-0.1, -0.05) is 18.2 Å². The van der Waals surface area contributed by atoms with Crippen LogP contribution in [0.4, 0.5) is 16.2 Å². The lowest BCUT2D eigenvalue weighted by molar-refractivity contribution is -0.149. The number of ether oxygens (including phenoxy) is 2. The molecule has 5 atom stereocenters. The maximum Gasteiger partial charge on any atom is 0.459 e. The van der Waals surface area contributed by atoms with Crippen molar-refractivity contribution in [3.63, 3.8) is 0 Å². The van der Waals surface area contributed by atoms with Crippen molar-refractivity contribution in [3.8, 4) is 5.75 Å². The maximum absolute atomic E-state index is 15.2. The number of nitrogens with zero attached hydrogens (tertiary/aromatic N) is 5. The predicted molar refractivity (Wildman–Crippen MR) is 142 cm³/mol. The van der Waals surface area contributed by atoms with E-state index < -0.39 is 38.3 Å². The number of hydrogen-bond acceptors (Lipinski definition) is 11. The van der Waals surface area contributed by atoms with Gasteiger partial charge in [-0.25, -0.2) is 13.9 Å². The Hall–Kier alpha value is -3.32. The summed E-state index contributed by atoms with van der Waals surface area (Å²) in [6, 6.07) is 7.33. The average Bonchev–Trinajstić information content (AvgIpc) is 3.45. The number of halogens is 1. The second kappa shape index (κ2) is 11.8. The number of nitrogens with two attached hydrogens (primary N) is 1. The Bertz CT molecular complexity index is 1340. The highest BCUT2D eigenvalue weighted by Crippen LogP contribution is 2.46. The van der Waals surface area contributed by atoms with Crippen molar-refractivity contribution in [2.75, 3.05) is 31.3 Å². The van der Waals surface area contributed by atoms with E-state index in [4.69, 9.17) is 24.3 Å². The summed E-state index contributed by atoms with van der Waals surface area (Å²) in [5.74, 6) is 0.123. The zero-order chi connectivity index (χ0) is 28.3. The van der Waals surface area contributed by atoms with Crippen molar-refractivity contribution in [1.29, 1.82) is 0 Å². The molecule has 39 heavy (non-hydrogen) atoms. The Kier molecular flexibility index (Phi) is 8.70. The fourth-order valence-corrected chi connectivity index (χ4v) is 5.51. The number of carbonyl (C=O) groups is 1. The summed E-state index contributed by atoms with van der Waals surface area (Å²) < 4.78 is 52.7. The molecule has 15 heteroatoms. The molecule has 0 unspecified atom stereocenters. The lowest BCUT2D eigenvalue weighted by Gasteiger charge is -2.24. The summed E-state index contributed by atoms with van der Waals surface area (Å²) in [7, 11) is -0.560. The minimum absolute atomic E-state index is 0.0106. The molecule has 0 aliphatic carbocycles. The largest absolute Gasteiger partial charge is 0.462 e. The molecule has 212 valence electrons. The SMILES string of the molecule is CC(C)OC(=O)[C@H](C)N[P@](=O)(OC[C@@H]1C[C@H](F)[C@H](n2cnc3c(N(C)C)nc(N)nc32)O1)Oc1ccccc1. The van der Waals surface area contributed by atoms with Gasteiger partial charge in [-0.15, -0.1) is 0 Å². The quantitative estimate of drug-likeness (QED) is 0.259. The van der Waals surface area contributed by atoms with Crippen LogP contribution in [-0.2, 0) is 23.4 Å². The lowest BCUT2D eigenvalue weighted by Crippen LogP contribution is -2.36. The van der Waals surface area contributed by atoms with Gasteiger partial charge >= 0.3 is 13.7 Å². The fourth-order valence-electron chi connectivity index (χ4n) is 3.98. The van der Waals surface area contributed by atoms with Crippen LogP contribution in [0.15, 0.2) is 36.7 Å². The molecule has 3 heterocycles. The molecule has 1 aliphatic heterocycles. The third-order valence-corrected chi connectivity index (χ3v) is 7.35. The van der Waals surface area contributed by atoms with Crippen LogP contribution in [-0.4, -0.2) is 70.6 Å². The monoisotopic (exact) mass is 565 g/mol. The number of rotatable bonds is 11. The van der Waals surface area contributed by atoms with Crippen LogP contribution in [0.1, 0.15) is 33.4 Å². The van der Waals surface area contributed by atoms with Crippen LogP contribution in [0, 0.1) is 0 Å². The molecule has 1 fully saturated rings. The van der Waals surface area contributed by atoms with Crippen molar-refractivity contribution < 1.29 is 32.3 Å². The Morgan fingerprint density at radius 2 is 2.00 bits per heavy atom. The molecule has 0 saturated carbocycles. The van der Waals surface area contributed by atoms with Gasteiger partial charge in [0.1, 0.15) is 18.0 Å². The summed E-state index contributed by atoms with van der Waals surface area (Å²) in [5, 5.41) is 2.60. The predicted octanol–water partition coefficient (Wildman–Crippen LogP) is 3.23. The van der Waals surface area contributed by atoms with Crippen molar-refractivity contribution in [3.05, 3.63) is 36.7 Å². The highest BCUT2D eigenvalue weighted by Gasteiger charge is 2.40. The van der Waals surface area contributed by atoms with Gasteiger partial charge < -0.3 is 24.6 Å². The number of nitrogens with one attached hydrogen (secondary N) is 1. The van der Waals surface area contributed by atoms with E-state index in [1.807, 2.05) is 0 Å². The first kappa shape index (κ1) is 28.7. The van der Waals surface area contributed by atoms with Gasteiger partial charge in [0, 0.05) is 20.5 Å². The van der Waals surface area contributed by atoms with Crippen molar-refractivity contribution in [2.45, 2.75) is 57.8 Å². The number of fused-ring (bicyclic) bond motifs is 1. The van der Waals surface area contributed by atoms with Crippen LogP contribution >= 0.6 is 7.75 Å². The Morgan fingerprint density at radius 1 is 1.28 bits per heavy atom. The first-order valence-electron chi connectivity index (χ1n) is 12.4. The molecular weight excluding hydrogens is 532 g/mol. The number of aromatic nitrogens is 4. The van der Waals surface area contributed by atoms with Crippen LogP contribution in [0.5, 0.6) is 5.75 Å². The van der Waals surface area contributed by atoms with E-state index in [-0.39, 0.29) is 30.8 Å². The summed E-state index contributed by atoms with van der Waals surface area (Å²) in [4.78, 5) is 26.8. The van der Waals surface area contributed by atoms with Crippen molar-refractivity contribution in [1.82, 2.24) is 24.6 Å². The normalized spacial score (nSPS) is 21.6. The van der Waals surface area contributed by atoms with Crippen LogP contribution < -0.4 is 20.2 Å². The second-order valence-electron chi connectivity index (χ2n) is 9.56. The number of carbonyl (C=O) groups excluding carboxylic acids is 1. The number of nitrogen functional groups attached to an aromatic ring is 1. The average molecular weight is 566 g/mol. The maximum atomic E-state index is 15.2. The molecular formula is C24H33FN7O6P. The lowest BCUT2D eigenvalue weighted by atomic mass is 10.2. The van der Waals surface area contributed by atoms with E-state index >= 15 is 4.39 Å². The van der Waals surface area contributed by atoms with E-state index in [0.717, 1.165) is 0 Å². The highest BCUT2D eigenvalue weighted by molar-refractivity contribution is 7.52. The van der Waals surface area contributed by atoms with E-state index in [1.54, 1.807) is 63.2 Å². The molecule has 1 aliphatic rings. The third kappa shape index (κ3) is 6.82. The first-order valence-corrected chi connectivity index (χ1v) is 13.9. The van der Waals surface area contributed by atoms with E-state index in [1.165, 1.54) is 17.8 Å². The molecule has 4 rings (SSSR count). The molecule has 1 aromatic carbocycles. The van der Waals surface area contributed by atoms with Gasteiger partial charge in [0.25, 0.3) is 0 Å². The number of benzene rings is 1. The Morgan fingerprint density at radius 3 is 2.67 bits per heavy atom. The molecule has 1 saturated heterocycles. The topological polar surface area (TPSA) is 156 Å². The molecule has 13 nitrogen and oxygen atoms in total.